The summed E-state index contributed by atoms with van der Waals surface area (Å²) in [5, 5.41) is 0. The van der Waals surface area contributed by atoms with Crippen molar-refractivity contribution in [3.63, 3.8) is 0 Å². The summed E-state index contributed by atoms with van der Waals surface area (Å²) in [6, 6.07) is 1.40. The first-order valence-corrected chi connectivity index (χ1v) is 9.02. The van der Waals surface area contributed by atoms with Gasteiger partial charge in [0, 0.05) is 29.1 Å². The molecule has 174 valence electrons. The number of hydrogen-bond acceptors (Lipinski definition) is 3. The Labute approximate surface area is 182 Å². The molecule has 0 heterocycles. The fraction of sp³-hybridized carbons (Fsp3) is 0.143. The molecule has 0 saturated heterocycles. The first-order chi connectivity index (χ1) is 15.6. The normalized spacial score (nSPS) is 10.9. The highest BCUT2D eigenvalue weighted by molar-refractivity contribution is 6.95. The Hall–Kier alpha value is -3.44. The molecule has 3 nitrogen and oxygen atoms in total. The number of halogens is 8. The van der Waals surface area contributed by atoms with Crippen LogP contribution in [-0.2, 0) is 0 Å². The molecule has 3 rings (SSSR count). The molecule has 0 spiro atoms. The van der Waals surface area contributed by atoms with Crippen LogP contribution >= 0.6 is 0 Å². The van der Waals surface area contributed by atoms with E-state index in [1.807, 2.05) is 0 Å². The summed E-state index contributed by atoms with van der Waals surface area (Å²) in [4.78, 5) is 0. The molecule has 0 unspecified atom stereocenters. The minimum Gasteiger partial charge on any atom is -0.494 e. The number of methoxy groups -OCH3 is 3. The second-order valence-electron chi connectivity index (χ2n) is 6.65. The van der Waals surface area contributed by atoms with Crippen LogP contribution in [0.4, 0.5) is 35.1 Å². The molecule has 0 aliphatic rings. The van der Waals surface area contributed by atoms with Gasteiger partial charge in [-0.1, -0.05) is 0 Å². The van der Waals surface area contributed by atoms with E-state index < -0.39 is 86.9 Å². The average molecular weight is 476 g/mol. The summed E-state index contributed by atoms with van der Waals surface area (Å²) in [5.74, 6) is -16.0. The minimum absolute atomic E-state index is 0.222. The summed E-state index contributed by atoms with van der Waals surface area (Å²) < 4.78 is 131. The van der Waals surface area contributed by atoms with E-state index >= 15 is 8.78 Å². The Bertz CT molecular complexity index is 1170. The van der Waals surface area contributed by atoms with Gasteiger partial charge in [0.25, 0.3) is 6.71 Å². The molecule has 3 aromatic carbocycles. The van der Waals surface area contributed by atoms with Crippen molar-refractivity contribution in [1.29, 1.82) is 0 Å². The Morgan fingerprint density at radius 3 is 1.30 bits per heavy atom. The van der Waals surface area contributed by atoms with Crippen LogP contribution in [0.1, 0.15) is 0 Å². The summed E-state index contributed by atoms with van der Waals surface area (Å²) in [6.45, 7) is -2.51. The standard InChI is InChI=1S/C21H13BF8O3/c1-31-13-4-8(9(23)5-10(13)24)22(16-18(27)11(25)6-14(32-2)20(16)29)17-19(28)12(26)7-15(33-3)21(17)30/h4-7H,1-3H3. The quantitative estimate of drug-likeness (QED) is 0.311. The van der Waals surface area contributed by atoms with Gasteiger partial charge in [0.1, 0.15) is 5.82 Å². The molecule has 12 heteroatoms. The molecule has 0 N–H and O–H groups in total. The van der Waals surface area contributed by atoms with Crippen molar-refractivity contribution in [2.24, 2.45) is 0 Å². The predicted octanol–water partition coefficient (Wildman–Crippen LogP) is 3.34. The molecule has 0 bridgehead atoms. The third kappa shape index (κ3) is 4.05. The first kappa shape index (κ1) is 24.2. The van der Waals surface area contributed by atoms with E-state index in [0.29, 0.717) is 18.2 Å². The topological polar surface area (TPSA) is 27.7 Å². The van der Waals surface area contributed by atoms with Crippen molar-refractivity contribution in [2.75, 3.05) is 21.3 Å². The Morgan fingerprint density at radius 1 is 0.485 bits per heavy atom. The zero-order chi connectivity index (χ0) is 24.6. The molecule has 0 atom stereocenters. The summed E-state index contributed by atoms with van der Waals surface area (Å²) in [5.41, 5.74) is -3.81. The second kappa shape index (κ2) is 9.20. The molecule has 0 fully saturated rings. The van der Waals surface area contributed by atoms with Gasteiger partial charge in [-0.3, -0.25) is 0 Å². The molecule has 0 aromatic heterocycles. The molecular weight excluding hydrogens is 463 g/mol. The van der Waals surface area contributed by atoms with E-state index in [-0.39, 0.29) is 6.07 Å². The van der Waals surface area contributed by atoms with Crippen LogP contribution in [0, 0.1) is 46.5 Å². The Balaban J connectivity index is 2.55. The Kier molecular flexibility index (Phi) is 6.75. The van der Waals surface area contributed by atoms with E-state index in [1.54, 1.807) is 0 Å². The van der Waals surface area contributed by atoms with Crippen molar-refractivity contribution in [3.05, 3.63) is 70.8 Å². The van der Waals surface area contributed by atoms with Crippen molar-refractivity contribution in [1.82, 2.24) is 0 Å². The third-order valence-electron chi connectivity index (χ3n) is 4.91. The van der Waals surface area contributed by atoms with Crippen LogP contribution in [-0.4, -0.2) is 28.0 Å². The lowest BCUT2D eigenvalue weighted by molar-refractivity contribution is 0.378. The lowest BCUT2D eigenvalue weighted by atomic mass is 9.36. The van der Waals surface area contributed by atoms with E-state index in [0.717, 1.165) is 21.3 Å². The molecular formula is C21H13BF8O3. The highest BCUT2D eigenvalue weighted by Crippen LogP contribution is 2.25. The molecule has 0 radical (unpaired) electrons. The van der Waals surface area contributed by atoms with E-state index in [4.69, 9.17) is 4.74 Å². The fourth-order valence-electron chi connectivity index (χ4n) is 3.38. The smallest absolute Gasteiger partial charge is 0.261 e. The van der Waals surface area contributed by atoms with Crippen LogP contribution in [0.25, 0.3) is 0 Å². The SMILES string of the molecule is COc1cc(B(c2c(F)c(F)cc(OC)c2F)c2c(F)c(F)cc(OC)c2F)c(F)cc1F. The van der Waals surface area contributed by atoms with Crippen molar-refractivity contribution in [3.8, 4) is 17.2 Å². The van der Waals surface area contributed by atoms with Gasteiger partial charge in [0.05, 0.1) is 21.3 Å². The lowest BCUT2D eigenvalue weighted by Gasteiger charge is -2.21. The average Bonchev–Trinajstić information content (AvgIpc) is 2.78. The van der Waals surface area contributed by atoms with Gasteiger partial charge in [-0.2, -0.15) is 0 Å². The minimum atomic E-state index is -2.51. The lowest BCUT2D eigenvalue weighted by Crippen LogP contribution is -2.58. The van der Waals surface area contributed by atoms with Crippen molar-refractivity contribution in [2.45, 2.75) is 0 Å². The van der Waals surface area contributed by atoms with Crippen LogP contribution < -0.4 is 30.6 Å². The van der Waals surface area contributed by atoms with Crippen LogP contribution in [0.15, 0.2) is 24.3 Å². The monoisotopic (exact) mass is 476 g/mol. The van der Waals surface area contributed by atoms with Gasteiger partial charge in [-0.15, -0.1) is 0 Å². The van der Waals surface area contributed by atoms with Gasteiger partial charge in [-0.05, 0) is 11.5 Å². The number of rotatable bonds is 6. The van der Waals surface area contributed by atoms with Crippen molar-refractivity contribution < 1.29 is 49.3 Å². The van der Waals surface area contributed by atoms with Crippen molar-refractivity contribution >= 4 is 23.1 Å². The first-order valence-electron chi connectivity index (χ1n) is 9.02. The van der Waals surface area contributed by atoms with E-state index in [2.05, 4.69) is 9.47 Å². The van der Waals surface area contributed by atoms with E-state index in [1.165, 1.54) is 0 Å². The molecule has 0 aliphatic carbocycles. The van der Waals surface area contributed by atoms with Crippen LogP contribution in [0.5, 0.6) is 17.2 Å². The number of benzene rings is 3. The Morgan fingerprint density at radius 2 is 0.909 bits per heavy atom. The number of hydrogen-bond donors (Lipinski definition) is 0. The summed E-state index contributed by atoms with van der Waals surface area (Å²) in [7, 11) is 2.75. The predicted molar refractivity (Wildman–Crippen MR) is 103 cm³/mol. The van der Waals surface area contributed by atoms with Crippen LogP contribution in [0.2, 0.25) is 0 Å². The van der Waals surface area contributed by atoms with E-state index in [9.17, 15) is 26.3 Å². The maximum atomic E-state index is 15.1. The van der Waals surface area contributed by atoms with Crippen LogP contribution in [0.3, 0.4) is 0 Å². The number of ether oxygens (including phenoxy) is 3. The molecule has 33 heavy (non-hydrogen) atoms. The van der Waals surface area contributed by atoms with Gasteiger partial charge in [-0.25, -0.2) is 35.1 Å². The van der Waals surface area contributed by atoms with Gasteiger partial charge >= 0.3 is 0 Å². The van der Waals surface area contributed by atoms with Gasteiger partial charge in [0.15, 0.2) is 58.0 Å². The second-order valence-corrected chi connectivity index (χ2v) is 6.65. The fourth-order valence-corrected chi connectivity index (χ4v) is 3.38. The summed E-state index contributed by atoms with van der Waals surface area (Å²) >= 11 is 0. The third-order valence-corrected chi connectivity index (χ3v) is 4.91. The molecule has 3 aromatic rings. The zero-order valence-electron chi connectivity index (χ0n) is 17.1. The van der Waals surface area contributed by atoms with Gasteiger partial charge in [0.2, 0.25) is 0 Å². The molecule has 0 aliphatic heterocycles. The van der Waals surface area contributed by atoms with Gasteiger partial charge < -0.3 is 14.2 Å². The largest absolute Gasteiger partial charge is 0.494 e. The summed E-state index contributed by atoms with van der Waals surface area (Å²) in [6.07, 6.45) is 0. The molecule has 0 saturated carbocycles. The maximum Gasteiger partial charge on any atom is 0.261 e. The highest BCUT2D eigenvalue weighted by Gasteiger charge is 2.40. The maximum absolute atomic E-state index is 15.1. The zero-order valence-corrected chi connectivity index (χ0v) is 17.1. The highest BCUT2D eigenvalue weighted by atomic mass is 19.2. The molecule has 0 amide bonds.